The normalized spacial score (nSPS) is 20.0. The summed E-state index contributed by atoms with van der Waals surface area (Å²) in [6.45, 7) is 7.92. The largest absolute Gasteiger partial charge is 0.532 e. The Morgan fingerprint density at radius 2 is 1.62 bits per heavy atom. The molecule has 0 N–H and O–H groups in total. The van der Waals surface area contributed by atoms with Crippen molar-refractivity contribution >= 4 is 12.8 Å². The average molecular weight is 288 g/mol. The van der Waals surface area contributed by atoms with E-state index in [4.69, 9.17) is 13.7 Å². The highest BCUT2D eigenvalue weighted by Crippen LogP contribution is 2.36. The maximum Gasteiger partial charge on any atom is 0.532 e. The molecule has 1 aromatic carbocycles. The van der Waals surface area contributed by atoms with Crippen LogP contribution in [-0.2, 0) is 9.31 Å². The van der Waals surface area contributed by atoms with Gasteiger partial charge in [0.25, 0.3) is 0 Å². The van der Waals surface area contributed by atoms with E-state index in [2.05, 4.69) is 0 Å². The molecule has 2 heterocycles. The molecule has 1 aromatic heterocycles. The van der Waals surface area contributed by atoms with Crippen molar-refractivity contribution in [3.63, 3.8) is 0 Å². The molecule has 21 heavy (non-hydrogen) atoms. The first kappa shape index (κ1) is 14.4. The molecule has 2 aromatic rings. The number of benzene rings is 1. The minimum Gasteiger partial charge on any atom is -0.472 e. The van der Waals surface area contributed by atoms with Gasteiger partial charge in [-0.2, -0.15) is 0 Å². The molecular formula is C16H18BFO3. The fourth-order valence-corrected chi connectivity index (χ4v) is 2.27. The molecule has 0 aliphatic carbocycles. The van der Waals surface area contributed by atoms with Crippen LogP contribution in [0.15, 0.2) is 41.0 Å². The molecule has 0 bridgehead atoms. The van der Waals surface area contributed by atoms with Crippen molar-refractivity contribution in [3.05, 3.63) is 42.4 Å². The Kier molecular flexibility index (Phi) is 3.22. The van der Waals surface area contributed by atoms with E-state index in [9.17, 15) is 4.39 Å². The van der Waals surface area contributed by atoms with Gasteiger partial charge in [-0.1, -0.05) is 18.2 Å². The quantitative estimate of drug-likeness (QED) is 0.794. The lowest BCUT2D eigenvalue weighted by Gasteiger charge is -2.32. The fourth-order valence-electron chi connectivity index (χ4n) is 2.27. The first-order chi connectivity index (χ1) is 9.80. The van der Waals surface area contributed by atoms with Crippen molar-refractivity contribution in [2.45, 2.75) is 38.9 Å². The third-order valence-corrected chi connectivity index (χ3v) is 4.29. The number of hydrogen-bond donors (Lipinski definition) is 0. The maximum absolute atomic E-state index is 13.8. The molecule has 0 radical (unpaired) electrons. The second kappa shape index (κ2) is 4.72. The molecule has 1 aliphatic heterocycles. The van der Waals surface area contributed by atoms with Crippen LogP contribution in [0.25, 0.3) is 11.1 Å². The van der Waals surface area contributed by atoms with Crippen LogP contribution in [0.4, 0.5) is 4.39 Å². The minimum atomic E-state index is -0.574. The first-order valence-corrected chi connectivity index (χ1v) is 6.99. The van der Waals surface area contributed by atoms with E-state index in [1.54, 1.807) is 24.3 Å². The van der Waals surface area contributed by atoms with Crippen LogP contribution in [0.3, 0.4) is 0 Å². The number of halogens is 1. The average Bonchev–Trinajstić information content (AvgIpc) is 2.94. The number of rotatable bonds is 2. The Hall–Kier alpha value is -1.59. The van der Waals surface area contributed by atoms with Crippen molar-refractivity contribution in [1.29, 1.82) is 0 Å². The highest BCUT2D eigenvalue weighted by atomic mass is 19.1. The molecule has 3 nitrogen and oxygen atoms in total. The maximum atomic E-state index is 13.8. The van der Waals surface area contributed by atoms with Crippen molar-refractivity contribution in [1.82, 2.24) is 0 Å². The molecule has 0 saturated carbocycles. The summed E-state index contributed by atoms with van der Waals surface area (Å²) >= 11 is 0. The Morgan fingerprint density at radius 3 is 2.24 bits per heavy atom. The van der Waals surface area contributed by atoms with Gasteiger partial charge in [-0.05, 0) is 39.8 Å². The molecule has 1 saturated heterocycles. The van der Waals surface area contributed by atoms with Gasteiger partial charge < -0.3 is 13.7 Å². The van der Waals surface area contributed by atoms with Crippen LogP contribution < -0.4 is 5.66 Å². The van der Waals surface area contributed by atoms with E-state index < -0.39 is 18.3 Å². The van der Waals surface area contributed by atoms with Gasteiger partial charge in [0.2, 0.25) is 0 Å². The summed E-state index contributed by atoms with van der Waals surface area (Å²) in [7, 11) is -0.574. The Balaban J connectivity index is 1.89. The summed E-state index contributed by atoms with van der Waals surface area (Å²) in [5.74, 6) is -0.279. The van der Waals surface area contributed by atoms with Crippen LogP contribution in [0, 0.1) is 5.82 Å². The second-order valence-corrected chi connectivity index (χ2v) is 6.31. The molecule has 0 spiro atoms. The van der Waals surface area contributed by atoms with Crippen LogP contribution in [0.1, 0.15) is 27.7 Å². The fraction of sp³-hybridized carbons (Fsp3) is 0.375. The van der Waals surface area contributed by atoms with Gasteiger partial charge in [0.1, 0.15) is 11.5 Å². The van der Waals surface area contributed by atoms with E-state index in [0.717, 1.165) is 0 Å². The summed E-state index contributed by atoms with van der Waals surface area (Å²) in [4.78, 5) is 0. The molecular weight excluding hydrogens is 270 g/mol. The Bertz CT molecular complexity index is 647. The van der Waals surface area contributed by atoms with Crippen molar-refractivity contribution < 1.29 is 18.1 Å². The summed E-state index contributed by atoms with van der Waals surface area (Å²) in [5.41, 5.74) is 0.874. The second-order valence-electron chi connectivity index (χ2n) is 6.31. The van der Waals surface area contributed by atoms with E-state index in [0.29, 0.717) is 16.8 Å². The first-order valence-electron chi connectivity index (χ1n) is 6.99. The Morgan fingerprint density at radius 1 is 1.00 bits per heavy atom. The van der Waals surface area contributed by atoms with E-state index in [1.165, 1.54) is 12.3 Å². The monoisotopic (exact) mass is 288 g/mol. The van der Waals surface area contributed by atoms with Gasteiger partial charge >= 0.3 is 7.12 Å². The lowest BCUT2D eigenvalue weighted by atomic mass is 9.85. The Labute approximate surface area is 124 Å². The summed E-state index contributed by atoms with van der Waals surface area (Å²) < 4.78 is 31.2. The smallest absolute Gasteiger partial charge is 0.472 e. The van der Waals surface area contributed by atoms with Gasteiger partial charge in [-0.15, -0.1) is 0 Å². The van der Waals surface area contributed by atoms with Gasteiger partial charge in [-0.25, -0.2) is 4.39 Å². The predicted octanol–water partition coefficient (Wildman–Crippen LogP) is 3.38. The van der Waals surface area contributed by atoms with Crippen LogP contribution in [0.2, 0.25) is 0 Å². The van der Waals surface area contributed by atoms with Gasteiger partial charge in [0, 0.05) is 11.1 Å². The SMILES string of the molecule is CC1(C)OB(c2cc(-c3ccccc3F)co2)OC1(C)C. The molecule has 110 valence electrons. The topological polar surface area (TPSA) is 31.6 Å². The lowest BCUT2D eigenvalue weighted by Crippen LogP contribution is -2.41. The minimum absolute atomic E-state index is 0.279. The van der Waals surface area contributed by atoms with Gasteiger partial charge in [0.05, 0.1) is 17.5 Å². The van der Waals surface area contributed by atoms with Crippen molar-refractivity contribution in [2.24, 2.45) is 0 Å². The highest BCUT2D eigenvalue weighted by molar-refractivity contribution is 6.60. The molecule has 5 heteroatoms. The van der Waals surface area contributed by atoms with Crippen molar-refractivity contribution in [3.8, 4) is 11.1 Å². The third kappa shape index (κ3) is 2.41. The van der Waals surface area contributed by atoms with Crippen molar-refractivity contribution in [2.75, 3.05) is 0 Å². The molecule has 0 unspecified atom stereocenters. The molecule has 1 fully saturated rings. The zero-order valence-electron chi connectivity index (χ0n) is 12.6. The van der Waals surface area contributed by atoms with E-state index >= 15 is 0 Å². The van der Waals surface area contributed by atoms with E-state index in [-0.39, 0.29) is 5.82 Å². The van der Waals surface area contributed by atoms with E-state index in [1.807, 2.05) is 27.7 Å². The third-order valence-electron chi connectivity index (χ3n) is 4.29. The number of furan rings is 1. The van der Waals surface area contributed by atoms with Gasteiger partial charge in [0.15, 0.2) is 0 Å². The molecule has 0 atom stereocenters. The number of hydrogen-bond acceptors (Lipinski definition) is 3. The van der Waals surface area contributed by atoms with Crippen LogP contribution in [-0.4, -0.2) is 18.3 Å². The zero-order chi connectivity index (χ0) is 15.3. The zero-order valence-corrected chi connectivity index (χ0v) is 12.6. The molecule has 3 rings (SSSR count). The molecule has 0 amide bonds. The summed E-state index contributed by atoms with van der Waals surface area (Å²) in [5, 5.41) is 0. The van der Waals surface area contributed by atoms with Crippen LogP contribution in [0.5, 0.6) is 0 Å². The lowest BCUT2D eigenvalue weighted by molar-refractivity contribution is 0.00578. The van der Waals surface area contributed by atoms with Crippen LogP contribution >= 0.6 is 0 Å². The standard InChI is InChI=1S/C16H18BFO3/c1-15(2)16(3,4)21-17(20-15)14-9-11(10-19-14)12-7-5-6-8-13(12)18/h5-10H,1-4H3. The molecule has 1 aliphatic rings. The summed E-state index contributed by atoms with van der Waals surface area (Å²) in [6.07, 6.45) is 1.53. The predicted molar refractivity (Wildman–Crippen MR) is 79.8 cm³/mol. The highest BCUT2D eigenvalue weighted by Gasteiger charge is 2.53. The van der Waals surface area contributed by atoms with Gasteiger partial charge in [-0.3, -0.25) is 0 Å². The summed E-state index contributed by atoms with van der Waals surface area (Å²) in [6, 6.07) is 8.36.